The van der Waals surface area contributed by atoms with Gasteiger partial charge in [0.05, 0.1) is 0 Å². The van der Waals surface area contributed by atoms with Crippen molar-refractivity contribution in [3.8, 4) is 0 Å². The fourth-order valence-electron chi connectivity index (χ4n) is 2.58. The highest BCUT2D eigenvalue weighted by atomic mass is 16.3. The summed E-state index contributed by atoms with van der Waals surface area (Å²) in [6.07, 6.45) is 5.82. The van der Waals surface area contributed by atoms with Crippen LogP contribution < -0.4 is 10.6 Å². The van der Waals surface area contributed by atoms with E-state index in [2.05, 4.69) is 17.6 Å². The monoisotopic (exact) mass is 256 g/mol. The first-order valence-electron chi connectivity index (χ1n) is 7.34. The molecule has 2 unspecified atom stereocenters. The molecule has 0 spiro atoms. The van der Waals surface area contributed by atoms with Crippen LogP contribution in [0.2, 0.25) is 0 Å². The van der Waals surface area contributed by atoms with Gasteiger partial charge in [-0.25, -0.2) is 0 Å². The predicted molar refractivity (Wildman–Crippen MR) is 73.3 cm³/mol. The second kappa shape index (κ2) is 9.34. The number of aliphatic hydroxyl groups excluding tert-OH is 1. The summed E-state index contributed by atoms with van der Waals surface area (Å²) in [5.41, 5.74) is 0. The highest BCUT2D eigenvalue weighted by molar-refractivity contribution is 5.75. The summed E-state index contributed by atoms with van der Waals surface area (Å²) in [5.74, 6) is 1.28. The molecule has 1 heterocycles. The maximum Gasteiger partial charge on any atom is 0.220 e. The summed E-state index contributed by atoms with van der Waals surface area (Å²) in [6, 6.07) is 0. The summed E-state index contributed by atoms with van der Waals surface area (Å²) >= 11 is 0. The Labute approximate surface area is 111 Å². The lowest BCUT2D eigenvalue weighted by molar-refractivity contribution is -0.121. The fraction of sp³-hybridized carbons (Fsp3) is 0.929. The van der Waals surface area contributed by atoms with Crippen LogP contribution >= 0.6 is 0 Å². The van der Waals surface area contributed by atoms with Crippen LogP contribution in [0.15, 0.2) is 0 Å². The van der Waals surface area contributed by atoms with Crippen LogP contribution in [0.4, 0.5) is 0 Å². The summed E-state index contributed by atoms with van der Waals surface area (Å²) < 4.78 is 0. The quantitative estimate of drug-likeness (QED) is 0.582. The van der Waals surface area contributed by atoms with E-state index in [1.807, 2.05) is 0 Å². The molecule has 3 N–H and O–H groups in total. The molecule has 1 aliphatic heterocycles. The second-order valence-corrected chi connectivity index (χ2v) is 5.37. The molecule has 0 saturated carbocycles. The second-order valence-electron chi connectivity index (χ2n) is 5.37. The highest BCUT2D eigenvalue weighted by Gasteiger charge is 2.16. The van der Waals surface area contributed by atoms with Gasteiger partial charge in [-0.1, -0.05) is 13.3 Å². The van der Waals surface area contributed by atoms with Crippen molar-refractivity contribution in [3.05, 3.63) is 0 Å². The average molecular weight is 256 g/mol. The summed E-state index contributed by atoms with van der Waals surface area (Å²) in [7, 11) is 0. The van der Waals surface area contributed by atoms with Gasteiger partial charge in [-0.3, -0.25) is 4.79 Å². The third-order valence-corrected chi connectivity index (χ3v) is 3.76. The van der Waals surface area contributed by atoms with Gasteiger partial charge in [0.1, 0.15) is 0 Å². The fourth-order valence-corrected chi connectivity index (χ4v) is 2.58. The van der Waals surface area contributed by atoms with Crippen LogP contribution in [0.1, 0.15) is 45.4 Å². The topological polar surface area (TPSA) is 61.4 Å². The van der Waals surface area contributed by atoms with Gasteiger partial charge in [-0.15, -0.1) is 0 Å². The van der Waals surface area contributed by atoms with Crippen molar-refractivity contribution < 1.29 is 9.90 Å². The van der Waals surface area contributed by atoms with Crippen molar-refractivity contribution in [2.75, 3.05) is 26.2 Å². The first-order valence-corrected chi connectivity index (χ1v) is 7.34. The molecule has 2 atom stereocenters. The van der Waals surface area contributed by atoms with Crippen LogP contribution in [0.5, 0.6) is 0 Å². The lowest BCUT2D eigenvalue weighted by Gasteiger charge is -2.16. The molecule has 1 fully saturated rings. The number of amides is 1. The van der Waals surface area contributed by atoms with Crippen LogP contribution in [-0.2, 0) is 4.79 Å². The first-order chi connectivity index (χ1) is 8.76. The predicted octanol–water partition coefficient (Wildman–Crippen LogP) is 1.29. The van der Waals surface area contributed by atoms with Crippen LogP contribution in [0.25, 0.3) is 0 Å². The van der Waals surface area contributed by atoms with E-state index in [0.29, 0.717) is 18.3 Å². The van der Waals surface area contributed by atoms with E-state index in [-0.39, 0.29) is 12.5 Å². The van der Waals surface area contributed by atoms with Gasteiger partial charge in [0, 0.05) is 19.6 Å². The summed E-state index contributed by atoms with van der Waals surface area (Å²) in [6.45, 7) is 5.24. The molecule has 1 rings (SSSR count). The van der Waals surface area contributed by atoms with Crippen molar-refractivity contribution >= 4 is 5.91 Å². The number of carbonyl (C=O) groups is 1. The molecule has 0 aromatic carbocycles. The van der Waals surface area contributed by atoms with Crippen molar-refractivity contribution in [2.24, 2.45) is 11.8 Å². The molecule has 4 heteroatoms. The van der Waals surface area contributed by atoms with Gasteiger partial charge < -0.3 is 15.7 Å². The number of hydrogen-bond donors (Lipinski definition) is 3. The maximum absolute atomic E-state index is 11.7. The van der Waals surface area contributed by atoms with E-state index < -0.39 is 0 Å². The van der Waals surface area contributed by atoms with Gasteiger partial charge in [0.25, 0.3) is 0 Å². The zero-order valence-electron chi connectivity index (χ0n) is 11.6. The van der Waals surface area contributed by atoms with Gasteiger partial charge in [0.2, 0.25) is 5.91 Å². The number of hydrogen-bond acceptors (Lipinski definition) is 3. The van der Waals surface area contributed by atoms with E-state index in [9.17, 15) is 4.79 Å². The standard InChI is InChI=1S/C14H28N2O2/c1-2-3-12(7-9-17)11-16-14(18)5-4-13-6-8-15-10-13/h12-13,15,17H,2-11H2,1H3,(H,16,18). The molecular weight excluding hydrogens is 228 g/mol. The Balaban J connectivity index is 2.10. The maximum atomic E-state index is 11.7. The number of nitrogens with one attached hydrogen (secondary N) is 2. The Hall–Kier alpha value is -0.610. The smallest absolute Gasteiger partial charge is 0.220 e. The molecule has 1 saturated heterocycles. The lowest BCUT2D eigenvalue weighted by atomic mass is 9.99. The van der Waals surface area contributed by atoms with E-state index in [1.54, 1.807) is 0 Å². The average Bonchev–Trinajstić information content (AvgIpc) is 2.87. The van der Waals surface area contributed by atoms with Crippen molar-refractivity contribution in [3.63, 3.8) is 0 Å². The van der Waals surface area contributed by atoms with Gasteiger partial charge in [-0.2, -0.15) is 0 Å². The third kappa shape index (κ3) is 6.36. The molecule has 18 heavy (non-hydrogen) atoms. The molecule has 0 aromatic heterocycles. The summed E-state index contributed by atoms with van der Waals surface area (Å²) in [4.78, 5) is 11.7. The molecule has 0 bridgehead atoms. The molecule has 106 valence electrons. The van der Waals surface area contributed by atoms with E-state index in [0.717, 1.165) is 45.3 Å². The van der Waals surface area contributed by atoms with Gasteiger partial charge in [-0.05, 0) is 50.6 Å². The van der Waals surface area contributed by atoms with Crippen molar-refractivity contribution in [1.82, 2.24) is 10.6 Å². The normalized spacial score (nSPS) is 20.9. The van der Waals surface area contributed by atoms with Crippen molar-refractivity contribution in [2.45, 2.75) is 45.4 Å². The number of aliphatic hydroxyl groups is 1. The zero-order chi connectivity index (χ0) is 13.2. The summed E-state index contributed by atoms with van der Waals surface area (Å²) in [5, 5.41) is 15.3. The minimum atomic E-state index is 0.168. The van der Waals surface area contributed by atoms with Crippen LogP contribution in [-0.4, -0.2) is 37.3 Å². The first kappa shape index (κ1) is 15.4. The number of rotatable bonds is 9. The minimum absolute atomic E-state index is 0.168. The van der Waals surface area contributed by atoms with Gasteiger partial charge >= 0.3 is 0 Å². The van der Waals surface area contributed by atoms with Gasteiger partial charge in [0.15, 0.2) is 0 Å². The Morgan fingerprint density at radius 1 is 1.50 bits per heavy atom. The zero-order valence-corrected chi connectivity index (χ0v) is 11.6. The molecular formula is C14H28N2O2. The molecule has 1 amide bonds. The Morgan fingerprint density at radius 2 is 2.33 bits per heavy atom. The highest BCUT2D eigenvalue weighted by Crippen LogP contribution is 2.14. The molecule has 0 radical (unpaired) electrons. The van der Waals surface area contributed by atoms with Crippen LogP contribution in [0.3, 0.4) is 0 Å². The Bertz CT molecular complexity index is 222. The molecule has 1 aliphatic rings. The van der Waals surface area contributed by atoms with E-state index >= 15 is 0 Å². The Morgan fingerprint density at radius 3 is 2.94 bits per heavy atom. The number of carbonyl (C=O) groups excluding carboxylic acids is 1. The van der Waals surface area contributed by atoms with E-state index in [4.69, 9.17) is 5.11 Å². The van der Waals surface area contributed by atoms with E-state index in [1.165, 1.54) is 6.42 Å². The SMILES string of the molecule is CCCC(CCO)CNC(=O)CCC1CCNC1. The lowest BCUT2D eigenvalue weighted by Crippen LogP contribution is -2.30. The Kier molecular flexibility index (Phi) is 8.01. The minimum Gasteiger partial charge on any atom is -0.396 e. The molecule has 0 aromatic rings. The van der Waals surface area contributed by atoms with Crippen LogP contribution in [0, 0.1) is 11.8 Å². The van der Waals surface area contributed by atoms with Crippen molar-refractivity contribution in [1.29, 1.82) is 0 Å². The molecule has 0 aliphatic carbocycles. The largest absolute Gasteiger partial charge is 0.396 e. The molecule has 4 nitrogen and oxygen atoms in total. The third-order valence-electron chi connectivity index (χ3n) is 3.76.